The highest BCUT2D eigenvalue weighted by Gasteiger charge is 2.32. The summed E-state index contributed by atoms with van der Waals surface area (Å²) in [4.78, 5) is 18.4. The fraction of sp³-hybridized carbons (Fsp3) is 0.333. The molecular weight excluding hydrogens is 176 g/mol. The normalized spacial score (nSPS) is 12.4. The van der Waals surface area contributed by atoms with Crippen molar-refractivity contribution >= 4 is 18.6 Å². The van der Waals surface area contributed by atoms with E-state index in [1.165, 1.54) is 0 Å². The lowest BCUT2D eigenvalue weighted by molar-refractivity contribution is 0.260. The van der Waals surface area contributed by atoms with Gasteiger partial charge in [0.15, 0.2) is 9.76 Å². The van der Waals surface area contributed by atoms with Crippen molar-refractivity contribution in [3.8, 4) is 0 Å². The third-order valence-electron chi connectivity index (χ3n) is 1.08. The highest BCUT2D eigenvalue weighted by Crippen LogP contribution is 2.06. The van der Waals surface area contributed by atoms with Gasteiger partial charge in [-0.3, -0.25) is 0 Å². The van der Waals surface area contributed by atoms with E-state index < -0.39 is 18.6 Å². The molecule has 64 valence electrons. The van der Waals surface area contributed by atoms with E-state index in [1.807, 2.05) is 6.92 Å². The summed E-state index contributed by atoms with van der Waals surface area (Å²) < 4.78 is 4.94. The third-order valence-corrected chi connectivity index (χ3v) is 4.87. The van der Waals surface area contributed by atoms with E-state index in [-0.39, 0.29) is 0 Å². The Bertz CT molecular complexity index is 177. The number of rotatable bonds is 4. The van der Waals surface area contributed by atoms with Gasteiger partial charge in [-0.1, -0.05) is 11.8 Å². The molecule has 0 aliphatic rings. The number of hydrogen-bond acceptors (Lipinski definition) is 3. The third kappa shape index (κ3) is 4.28. The summed E-state index contributed by atoms with van der Waals surface area (Å²) in [5.41, 5.74) is 0. The van der Waals surface area contributed by atoms with Crippen molar-refractivity contribution < 1.29 is 13.7 Å². The molecule has 0 saturated carbocycles. The molecule has 0 saturated heterocycles. The second kappa shape index (κ2) is 3.98. The van der Waals surface area contributed by atoms with Gasteiger partial charge in [-0.2, -0.15) is 0 Å². The maximum Gasteiger partial charge on any atom is 0.515 e. The van der Waals surface area contributed by atoms with Crippen LogP contribution in [0, 0.1) is 0 Å². The van der Waals surface area contributed by atoms with Crippen molar-refractivity contribution in [1.82, 2.24) is 0 Å². The summed E-state index contributed by atoms with van der Waals surface area (Å²) >= 11 is 0. The van der Waals surface area contributed by atoms with Crippen LogP contribution in [0.3, 0.4) is 0 Å². The smallest absolute Gasteiger partial charge is 0.414 e. The fourth-order valence-electron chi connectivity index (χ4n) is 0.347. The Morgan fingerprint density at radius 3 is 2.09 bits per heavy atom. The van der Waals surface area contributed by atoms with Crippen LogP contribution in [0.4, 0.5) is 0 Å². The summed E-state index contributed by atoms with van der Waals surface area (Å²) in [7, 11) is -4.53. The quantitative estimate of drug-likeness (QED) is 0.596. The van der Waals surface area contributed by atoms with Gasteiger partial charge in [0.2, 0.25) is 0 Å². The Morgan fingerprint density at radius 2 is 1.82 bits per heavy atom. The van der Waals surface area contributed by atoms with Crippen molar-refractivity contribution in [1.29, 1.82) is 0 Å². The van der Waals surface area contributed by atoms with Crippen LogP contribution >= 0.6 is 0 Å². The number of allylic oxidation sites excluding steroid dienone is 2. The van der Waals surface area contributed by atoms with Crippen LogP contribution in [-0.4, -0.2) is 28.2 Å². The van der Waals surface area contributed by atoms with E-state index in [4.69, 9.17) is 4.12 Å². The zero-order valence-corrected chi connectivity index (χ0v) is 9.34. The molecule has 0 aromatic heterocycles. The summed E-state index contributed by atoms with van der Waals surface area (Å²) in [6, 6.07) is 0. The summed E-state index contributed by atoms with van der Waals surface area (Å²) in [5, 5.41) is 1.22. The second-order valence-electron chi connectivity index (χ2n) is 2.63. The van der Waals surface area contributed by atoms with Gasteiger partial charge in [-0.25, -0.2) is 0 Å². The van der Waals surface area contributed by atoms with Crippen LogP contribution in [-0.2, 0) is 4.12 Å². The standard InChI is InChI=1S/C6H14O3Si2/c1-5(2)10-9-11(7,8)6(3)4/h7-8H,1,3,10H2,2,4H3. The molecule has 5 heteroatoms. The zero-order chi connectivity index (χ0) is 9.07. The predicted molar refractivity (Wildman–Crippen MR) is 49.4 cm³/mol. The molecule has 2 N–H and O–H groups in total. The first-order valence-electron chi connectivity index (χ1n) is 3.25. The number of hydrogen-bond donors (Lipinski definition) is 2. The molecule has 0 aromatic carbocycles. The summed E-state index contributed by atoms with van der Waals surface area (Å²) in [5.74, 6) is 0. The highest BCUT2D eigenvalue weighted by atomic mass is 28.4. The van der Waals surface area contributed by atoms with E-state index in [1.54, 1.807) is 6.92 Å². The maximum atomic E-state index is 9.21. The molecule has 0 radical (unpaired) electrons. The summed E-state index contributed by atoms with van der Waals surface area (Å²) in [6.07, 6.45) is 0. The molecule has 0 heterocycles. The van der Waals surface area contributed by atoms with Crippen LogP contribution in [0.25, 0.3) is 0 Å². The van der Waals surface area contributed by atoms with Gasteiger partial charge < -0.3 is 13.7 Å². The van der Waals surface area contributed by atoms with Gasteiger partial charge in [-0.05, 0) is 19.0 Å². The molecule has 0 amide bonds. The molecule has 0 aliphatic heterocycles. The monoisotopic (exact) mass is 190 g/mol. The lowest BCUT2D eigenvalue weighted by atomic mass is 10.8. The Labute approximate surface area is 70.3 Å². The van der Waals surface area contributed by atoms with E-state index >= 15 is 0 Å². The Hall–Kier alpha value is -0.206. The molecule has 0 fully saturated rings. The average Bonchev–Trinajstić information content (AvgIpc) is 1.84. The lowest BCUT2D eigenvalue weighted by Crippen LogP contribution is -2.41. The van der Waals surface area contributed by atoms with E-state index in [2.05, 4.69) is 13.2 Å². The first-order chi connectivity index (χ1) is 4.86. The maximum absolute atomic E-state index is 9.21. The minimum Gasteiger partial charge on any atom is -0.414 e. The largest absolute Gasteiger partial charge is 0.515 e. The Balaban J connectivity index is 3.92. The Kier molecular flexibility index (Phi) is 3.91. The molecular formula is C6H14O3Si2. The molecule has 0 aromatic rings. The zero-order valence-electron chi connectivity index (χ0n) is 6.92. The topological polar surface area (TPSA) is 49.7 Å². The van der Waals surface area contributed by atoms with Crippen molar-refractivity contribution in [3.63, 3.8) is 0 Å². The van der Waals surface area contributed by atoms with Crippen molar-refractivity contribution in [3.05, 3.63) is 23.6 Å². The molecule has 0 rings (SSSR count). The minimum atomic E-state index is -3.54. The summed E-state index contributed by atoms with van der Waals surface area (Å²) in [6.45, 7) is 10.4. The molecule has 11 heavy (non-hydrogen) atoms. The second-order valence-corrected chi connectivity index (χ2v) is 7.35. The first-order valence-corrected chi connectivity index (χ1v) is 6.34. The van der Waals surface area contributed by atoms with Gasteiger partial charge >= 0.3 is 8.80 Å². The van der Waals surface area contributed by atoms with Gasteiger partial charge in [0, 0.05) is 0 Å². The van der Waals surface area contributed by atoms with Gasteiger partial charge in [0.1, 0.15) is 0 Å². The molecule has 0 bridgehead atoms. The van der Waals surface area contributed by atoms with Crippen molar-refractivity contribution in [2.24, 2.45) is 0 Å². The van der Waals surface area contributed by atoms with Crippen LogP contribution in [0.1, 0.15) is 13.8 Å². The molecule has 0 atom stereocenters. The van der Waals surface area contributed by atoms with Crippen LogP contribution < -0.4 is 0 Å². The van der Waals surface area contributed by atoms with Crippen molar-refractivity contribution in [2.75, 3.05) is 0 Å². The predicted octanol–water partition coefficient (Wildman–Crippen LogP) is -0.341. The van der Waals surface area contributed by atoms with E-state index in [9.17, 15) is 9.59 Å². The van der Waals surface area contributed by atoms with E-state index in [0.29, 0.717) is 5.20 Å². The van der Waals surface area contributed by atoms with Gasteiger partial charge in [0.25, 0.3) is 0 Å². The SMILES string of the molecule is C=C(C)[SiH2]O[Si](O)(O)C(=C)C. The Morgan fingerprint density at radius 1 is 1.36 bits per heavy atom. The van der Waals surface area contributed by atoms with Crippen LogP contribution in [0.5, 0.6) is 0 Å². The first kappa shape index (κ1) is 10.8. The van der Waals surface area contributed by atoms with Crippen LogP contribution in [0.15, 0.2) is 23.6 Å². The lowest BCUT2D eigenvalue weighted by Gasteiger charge is -2.17. The van der Waals surface area contributed by atoms with Crippen molar-refractivity contribution in [2.45, 2.75) is 13.8 Å². The highest BCUT2D eigenvalue weighted by molar-refractivity contribution is 6.71. The minimum absolute atomic E-state index is 0.325. The molecule has 3 nitrogen and oxygen atoms in total. The van der Waals surface area contributed by atoms with Gasteiger partial charge in [-0.15, -0.1) is 6.58 Å². The molecule has 0 unspecified atom stereocenters. The van der Waals surface area contributed by atoms with Crippen LogP contribution in [0.2, 0.25) is 0 Å². The fourth-order valence-corrected chi connectivity index (χ4v) is 3.12. The van der Waals surface area contributed by atoms with Gasteiger partial charge in [0.05, 0.1) is 0 Å². The molecule has 0 spiro atoms. The average molecular weight is 190 g/mol. The molecule has 0 aliphatic carbocycles. The van der Waals surface area contributed by atoms with E-state index in [0.717, 1.165) is 5.20 Å².